The molecule has 0 unspecified atom stereocenters. The van der Waals surface area contributed by atoms with Crippen LogP contribution in [0.3, 0.4) is 0 Å². The molecule has 0 fully saturated rings. The number of pyridine rings is 1. The highest BCUT2D eigenvalue weighted by Gasteiger charge is 2.18. The number of nitrogens with one attached hydrogen (secondary N) is 1. The van der Waals surface area contributed by atoms with Crippen molar-refractivity contribution >= 4 is 5.91 Å². The predicted octanol–water partition coefficient (Wildman–Crippen LogP) is 3.88. The zero-order chi connectivity index (χ0) is 21.8. The van der Waals surface area contributed by atoms with Gasteiger partial charge in [-0.1, -0.05) is 35.0 Å². The Labute approximate surface area is 181 Å². The van der Waals surface area contributed by atoms with E-state index in [1.54, 1.807) is 6.20 Å². The lowest BCUT2D eigenvalue weighted by molar-refractivity contribution is -0.120. The van der Waals surface area contributed by atoms with Crippen molar-refractivity contribution < 1.29 is 9.32 Å². The van der Waals surface area contributed by atoms with E-state index in [1.807, 2.05) is 74.1 Å². The number of rotatable bonds is 7. The van der Waals surface area contributed by atoms with Gasteiger partial charge in [-0.05, 0) is 38.5 Å². The number of aryl methyl sites for hydroxylation is 3. The number of nitrogens with zero attached hydrogens (tertiary/aromatic N) is 4. The number of benzene rings is 1. The zero-order valence-corrected chi connectivity index (χ0v) is 17.9. The number of hydrogen-bond donors (Lipinski definition) is 1. The normalized spacial score (nSPS) is 10.9. The van der Waals surface area contributed by atoms with Crippen LogP contribution < -0.4 is 5.32 Å². The molecule has 0 atom stereocenters. The Hall–Kier alpha value is -3.74. The molecular weight excluding hydrogens is 390 g/mol. The minimum Gasteiger partial charge on any atom is -0.356 e. The summed E-state index contributed by atoms with van der Waals surface area (Å²) < 4.78 is 7.34. The van der Waals surface area contributed by atoms with E-state index in [0.717, 1.165) is 33.8 Å². The third-order valence-corrected chi connectivity index (χ3v) is 5.05. The van der Waals surface area contributed by atoms with Gasteiger partial charge in [0, 0.05) is 30.1 Å². The molecule has 0 aliphatic heterocycles. The lowest BCUT2D eigenvalue weighted by atomic mass is 10.1. The third kappa shape index (κ3) is 4.88. The first-order valence-corrected chi connectivity index (χ1v) is 10.2. The molecule has 0 radical (unpaired) electrons. The van der Waals surface area contributed by atoms with Crippen LogP contribution in [0, 0.1) is 20.8 Å². The standard InChI is InChI=1S/C24H25N5O2/c1-16-4-7-19(8-5-16)13-23(30)25-10-11-29-24(20-9-6-17(2)26-14-20)21(15-27-29)22-12-18(3)28-31-22/h4-9,12,14-15H,10-11,13H2,1-3H3,(H,25,30). The first-order chi connectivity index (χ1) is 15.0. The van der Waals surface area contributed by atoms with Crippen molar-refractivity contribution in [1.82, 2.24) is 25.2 Å². The van der Waals surface area contributed by atoms with E-state index >= 15 is 0 Å². The number of carbonyl (C=O) groups excluding carboxylic acids is 1. The molecule has 0 aliphatic rings. The summed E-state index contributed by atoms with van der Waals surface area (Å²) in [5.74, 6) is 0.642. The van der Waals surface area contributed by atoms with E-state index in [2.05, 4.69) is 20.6 Å². The largest absolute Gasteiger partial charge is 0.356 e. The fourth-order valence-corrected chi connectivity index (χ4v) is 3.39. The molecule has 3 heterocycles. The molecule has 7 heteroatoms. The maximum Gasteiger partial charge on any atom is 0.224 e. The van der Waals surface area contributed by atoms with Crippen molar-refractivity contribution in [3.05, 3.63) is 77.4 Å². The van der Waals surface area contributed by atoms with Crippen molar-refractivity contribution in [2.24, 2.45) is 0 Å². The van der Waals surface area contributed by atoms with Gasteiger partial charge in [0.25, 0.3) is 0 Å². The van der Waals surface area contributed by atoms with Crippen LogP contribution in [0.15, 0.2) is 59.4 Å². The van der Waals surface area contributed by atoms with E-state index in [9.17, 15) is 4.79 Å². The first-order valence-electron chi connectivity index (χ1n) is 10.2. The Morgan fingerprint density at radius 2 is 1.84 bits per heavy atom. The van der Waals surface area contributed by atoms with Crippen LogP contribution in [-0.4, -0.2) is 32.4 Å². The predicted molar refractivity (Wildman–Crippen MR) is 118 cm³/mol. The molecule has 7 nitrogen and oxygen atoms in total. The summed E-state index contributed by atoms with van der Waals surface area (Å²) in [6, 6.07) is 13.9. The Morgan fingerprint density at radius 1 is 1.03 bits per heavy atom. The van der Waals surface area contributed by atoms with Crippen molar-refractivity contribution in [2.75, 3.05) is 6.54 Å². The highest BCUT2D eigenvalue weighted by atomic mass is 16.5. The van der Waals surface area contributed by atoms with E-state index < -0.39 is 0 Å². The van der Waals surface area contributed by atoms with Crippen LogP contribution in [0.5, 0.6) is 0 Å². The zero-order valence-electron chi connectivity index (χ0n) is 17.9. The van der Waals surface area contributed by atoms with Gasteiger partial charge in [-0.15, -0.1) is 0 Å². The number of aromatic nitrogens is 4. The van der Waals surface area contributed by atoms with Gasteiger partial charge >= 0.3 is 0 Å². The molecule has 158 valence electrons. The summed E-state index contributed by atoms with van der Waals surface area (Å²) in [5, 5.41) is 11.5. The SMILES string of the molecule is Cc1ccc(CC(=O)NCCn2ncc(-c3cc(C)no3)c2-c2ccc(C)nc2)cc1. The van der Waals surface area contributed by atoms with Crippen LogP contribution in [0.25, 0.3) is 22.6 Å². The maximum absolute atomic E-state index is 12.3. The van der Waals surface area contributed by atoms with Gasteiger partial charge in [-0.25, -0.2) is 0 Å². The molecule has 4 rings (SSSR count). The van der Waals surface area contributed by atoms with Gasteiger partial charge in [0.05, 0.1) is 36.1 Å². The average Bonchev–Trinajstić information content (AvgIpc) is 3.36. The van der Waals surface area contributed by atoms with E-state index in [1.165, 1.54) is 5.56 Å². The molecule has 1 amide bonds. The number of amides is 1. The lowest BCUT2D eigenvalue weighted by Crippen LogP contribution is -2.29. The van der Waals surface area contributed by atoms with E-state index in [4.69, 9.17) is 4.52 Å². The van der Waals surface area contributed by atoms with E-state index in [-0.39, 0.29) is 5.91 Å². The highest BCUT2D eigenvalue weighted by molar-refractivity contribution is 5.79. The summed E-state index contributed by atoms with van der Waals surface area (Å²) in [6.45, 7) is 6.85. The first kappa shape index (κ1) is 20.5. The Morgan fingerprint density at radius 3 is 2.52 bits per heavy atom. The second-order valence-electron chi connectivity index (χ2n) is 7.66. The molecular formula is C24H25N5O2. The maximum atomic E-state index is 12.3. The number of hydrogen-bond acceptors (Lipinski definition) is 5. The van der Waals surface area contributed by atoms with Crippen LogP contribution >= 0.6 is 0 Å². The second-order valence-corrected chi connectivity index (χ2v) is 7.66. The van der Waals surface area contributed by atoms with Crippen molar-refractivity contribution in [2.45, 2.75) is 33.7 Å². The van der Waals surface area contributed by atoms with Crippen molar-refractivity contribution in [1.29, 1.82) is 0 Å². The molecule has 0 saturated carbocycles. The molecule has 31 heavy (non-hydrogen) atoms. The summed E-state index contributed by atoms with van der Waals surface area (Å²) in [6.07, 6.45) is 3.95. The summed E-state index contributed by atoms with van der Waals surface area (Å²) >= 11 is 0. The summed E-state index contributed by atoms with van der Waals surface area (Å²) in [7, 11) is 0. The Bertz CT molecular complexity index is 1170. The fraction of sp³-hybridized carbons (Fsp3) is 0.250. The van der Waals surface area contributed by atoms with Gasteiger partial charge in [0.2, 0.25) is 5.91 Å². The Kier molecular flexibility index (Phi) is 5.93. The molecule has 3 aromatic heterocycles. The van der Waals surface area contributed by atoms with E-state index in [0.29, 0.717) is 25.3 Å². The van der Waals surface area contributed by atoms with Gasteiger partial charge in [0.1, 0.15) is 0 Å². The second kappa shape index (κ2) is 8.95. The molecule has 0 spiro atoms. The van der Waals surface area contributed by atoms with Crippen LogP contribution in [-0.2, 0) is 17.8 Å². The van der Waals surface area contributed by atoms with Gasteiger partial charge in [-0.3, -0.25) is 14.5 Å². The summed E-state index contributed by atoms with van der Waals surface area (Å²) in [4.78, 5) is 16.8. The molecule has 0 saturated heterocycles. The van der Waals surface area contributed by atoms with Gasteiger partial charge < -0.3 is 9.84 Å². The minimum atomic E-state index is -0.0133. The van der Waals surface area contributed by atoms with Crippen molar-refractivity contribution in [3.63, 3.8) is 0 Å². The smallest absolute Gasteiger partial charge is 0.224 e. The Balaban J connectivity index is 1.50. The molecule has 4 aromatic rings. The molecule has 0 aliphatic carbocycles. The lowest BCUT2D eigenvalue weighted by Gasteiger charge is -2.10. The fourth-order valence-electron chi connectivity index (χ4n) is 3.39. The van der Waals surface area contributed by atoms with Crippen molar-refractivity contribution in [3.8, 4) is 22.6 Å². The monoisotopic (exact) mass is 415 g/mol. The quantitative estimate of drug-likeness (QED) is 0.495. The van der Waals surface area contributed by atoms with Crippen LogP contribution in [0.1, 0.15) is 22.5 Å². The van der Waals surface area contributed by atoms with Gasteiger partial charge in [0.15, 0.2) is 5.76 Å². The topological polar surface area (TPSA) is 85.8 Å². The summed E-state index contributed by atoms with van der Waals surface area (Å²) in [5.41, 5.74) is 6.58. The minimum absolute atomic E-state index is 0.0133. The third-order valence-electron chi connectivity index (χ3n) is 5.05. The molecule has 1 N–H and O–H groups in total. The number of carbonyl (C=O) groups is 1. The van der Waals surface area contributed by atoms with Gasteiger partial charge in [-0.2, -0.15) is 5.10 Å². The molecule has 0 bridgehead atoms. The average molecular weight is 415 g/mol. The molecule has 1 aromatic carbocycles. The van der Waals surface area contributed by atoms with Crippen LogP contribution in [0.4, 0.5) is 0 Å². The van der Waals surface area contributed by atoms with Crippen LogP contribution in [0.2, 0.25) is 0 Å². The highest BCUT2D eigenvalue weighted by Crippen LogP contribution is 2.32.